The molecule has 1 aliphatic rings. The molecule has 0 amide bonds. The first-order valence-electron chi connectivity index (χ1n) is 6.92. The highest BCUT2D eigenvalue weighted by atomic mass is 32.2. The quantitative estimate of drug-likeness (QED) is 0.889. The maximum absolute atomic E-state index is 12.7. The third-order valence-corrected chi connectivity index (χ3v) is 6.85. The summed E-state index contributed by atoms with van der Waals surface area (Å²) in [7, 11) is -2.01. The standard InChI is InChI=1S/C14H21NO4S2/c1-3-12-9-15(6-7-20-12)21(17,18)13-4-5-14(19-2)11(8-13)10-16/h4-5,8,12,16H,3,6-7,9-10H2,1-2H3. The number of aliphatic hydroxyl groups is 1. The molecule has 1 heterocycles. The summed E-state index contributed by atoms with van der Waals surface area (Å²) in [5.74, 6) is 1.32. The van der Waals surface area contributed by atoms with E-state index in [9.17, 15) is 13.5 Å². The number of hydrogen-bond acceptors (Lipinski definition) is 5. The van der Waals surface area contributed by atoms with Crippen LogP contribution in [0.2, 0.25) is 0 Å². The molecule has 5 nitrogen and oxygen atoms in total. The lowest BCUT2D eigenvalue weighted by Gasteiger charge is -2.31. The second-order valence-electron chi connectivity index (χ2n) is 4.90. The Morgan fingerprint density at radius 3 is 2.86 bits per heavy atom. The summed E-state index contributed by atoms with van der Waals surface area (Å²) in [5.41, 5.74) is 0.483. The lowest BCUT2D eigenvalue weighted by Crippen LogP contribution is -2.41. The van der Waals surface area contributed by atoms with Gasteiger partial charge in [-0.2, -0.15) is 16.1 Å². The Morgan fingerprint density at radius 2 is 2.24 bits per heavy atom. The highest BCUT2D eigenvalue weighted by Gasteiger charge is 2.30. The van der Waals surface area contributed by atoms with Gasteiger partial charge in [-0.3, -0.25) is 0 Å². The van der Waals surface area contributed by atoms with Crippen LogP contribution >= 0.6 is 11.8 Å². The molecule has 1 N–H and O–H groups in total. The molecule has 0 saturated carbocycles. The average molecular weight is 331 g/mol. The average Bonchev–Trinajstić information content (AvgIpc) is 2.54. The third kappa shape index (κ3) is 3.53. The number of ether oxygens (including phenoxy) is 1. The van der Waals surface area contributed by atoms with Crippen molar-refractivity contribution in [1.29, 1.82) is 0 Å². The largest absolute Gasteiger partial charge is 0.496 e. The lowest BCUT2D eigenvalue weighted by molar-refractivity contribution is 0.273. The molecule has 0 aromatic heterocycles. The van der Waals surface area contributed by atoms with Crippen molar-refractivity contribution in [2.75, 3.05) is 26.0 Å². The van der Waals surface area contributed by atoms with Crippen LogP contribution in [-0.4, -0.2) is 49.0 Å². The van der Waals surface area contributed by atoms with Gasteiger partial charge < -0.3 is 9.84 Å². The summed E-state index contributed by atoms with van der Waals surface area (Å²) in [6.45, 7) is 2.90. The van der Waals surface area contributed by atoms with Crippen LogP contribution < -0.4 is 4.74 Å². The van der Waals surface area contributed by atoms with Crippen LogP contribution in [0.4, 0.5) is 0 Å². The molecular formula is C14H21NO4S2. The minimum atomic E-state index is -3.51. The van der Waals surface area contributed by atoms with Crippen LogP contribution in [0.15, 0.2) is 23.1 Å². The van der Waals surface area contributed by atoms with Crippen LogP contribution in [-0.2, 0) is 16.6 Å². The number of benzene rings is 1. The van der Waals surface area contributed by atoms with Crippen LogP contribution in [0.25, 0.3) is 0 Å². The number of aliphatic hydroxyl groups excluding tert-OH is 1. The number of sulfonamides is 1. The van der Waals surface area contributed by atoms with E-state index < -0.39 is 10.0 Å². The Morgan fingerprint density at radius 1 is 1.48 bits per heavy atom. The summed E-state index contributed by atoms with van der Waals surface area (Å²) in [4.78, 5) is 0.217. The minimum absolute atomic E-state index is 0.217. The second kappa shape index (κ2) is 7.00. The van der Waals surface area contributed by atoms with E-state index in [0.29, 0.717) is 29.7 Å². The van der Waals surface area contributed by atoms with Gasteiger partial charge in [0.05, 0.1) is 18.6 Å². The van der Waals surface area contributed by atoms with Crippen LogP contribution in [0.1, 0.15) is 18.9 Å². The molecule has 0 radical (unpaired) electrons. The molecule has 7 heteroatoms. The van der Waals surface area contributed by atoms with Crippen molar-refractivity contribution in [3.05, 3.63) is 23.8 Å². The Balaban J connectivity index is 2.30. The molecule has 1 aromatic carbocycles. The first-order chi connectivity index (χ1) is 10.0. The van der Waals surface area contributed by atoms with E-state index in [1.54, 1.807) is 10.4 Å². The zero-order valence-electron chi connectivity index (χ0n) is 12.3. The molecular weight excluding hydrogens is 310 g/mol. The fourth-order valence-electron chi connectivity index (χ4n) is 2.35. The van der Waals surface area contributed by atoms with Gasteiger partial charge in [-0.1, -0.05) is 6.92 Å². The van der Waals surface area contributed by atoms with Crippen molar-refractivity contribution in [3.8, 4) is 5.75 Å². The molecule has 0 bridgehead atoms. The summed E-state index contributed by atoms with van der Waals surface area (Å²) >= 11 is 1.83. The van der Waals surface area contributed by atoms with Gasteiger partial charge in [-0.15, -0.1) is 0 Å². The van der Waals surface area contributed by atoms with Gasteiger partial charge in [0.1, 0.15) is 5.75 Å². The molecule has 0 spiro atoms. The van der Waals surface area contributed by atoms with Gasteiger partial charge >= 0.3 is 0 Å². The van der Waals surface area contributed by atoms with Gasteiger partial charge in [0, 0.05) is 29.7 Å². The fraction of sp³-hybridized carbons (Fsp3) is 0.571. The number of nitrogens with zero attached hydrogens (tertiary/aromatic N) is 1. The normalized spacial score (nSPS) is 20.4. The van der Waals surface area contributed by atoms with Crippen molar-refractivity contribution >= 4 is 21.8 Å². The predicted octanol–water partition coefficient (Wildman–Crippen LogP) is 1.70. The molecule has 1 atom stereocenters. The Hall–Kier alpha value is -0.760. The van der Waals surface area contributed by atoms with Crippen LogP contribution in [0.3, 0.4) is 0 Å². The van der Waals surface area contributed by atoms with Gasteiger partial charge in [0.15, 0.2) is 0 Å². The first kappa shape index (κ1) is 16.6. The molecule has 1 aliphatic heterocycles. The highest BCUT2D eigenvalue weighted by molar-refractivity contribution is 8.00. The maximum Gasteiger partial charge on any atom is 0.243 e. The van der Waals surface area contributed by atoms with E-state index in [1.165, 1.54) is 19.2 Å². The molecule has 1 saturated heterocycles. The van der Waals surface area contributed by atoms with Crippen molar-refractivity contribution < 1.29 is 18.3 Å². The minimum Gasteiger partial charge on any atom is -0.496 e. The topological polar surface area (TPSA) is 66.8 Å². The van der Waals surface area contributed by atoms with Crippen molar-refractivity contribution in [3.63, 3.8) is 0 Å². The van der Waals surface area contributed by atoms with E-state index in [-0.39, 0.29) is 11.5 Å². The van der Waals surface area contributed by atoms with E-state index in [4.69, 9.17) is 4.74 Å². The predicted molar refractivity (Wildman–Crippen MR) is 84.2 cm³/mol. The van der Waals surface area contributed by atoms with E-state index in [1.807, 2.05) is 11.8 Å². The highest BCUT2D eigenvalue weighted by Crippen LogP contribution is 2.28. The smallest absolute Gasteiger partial charge is 0.243 e. The summed E-state index contributed by atoms with van der Waals surface area (Å²) in [6, 6.07) is 4.63. The van der Waals surface area contributed by atoms with E-state index in [0.717, 1.165) is 12.2 Å². The van der Waals surface area contributed by atoms with Gasteiger partial charge in [0.2, 0.25) is 10.0 Å². The van der Waals surface area contributed by atoms with Gasteiger partial charge in [-0.25, -0.2) is 8.42 Å². The van der Waals surface area contributed by atoms with Crippen LogP contribution in [0, 0.1) is 0 Å². The molecule has 21 heavy (non-hydrogen) atoms. The van der Waals surface area contributed by atoms with Crippen molar-refractivity contribution in [2.45, 2.75) is 30.1 Å². The molecule has 1 aromatic rings. The lowest BCUT2D eigenvalue weighted by atomic mass is 10.2. The number of methoxy groups -OCH3 is 1. The summed E-state index contributed by atoms with van der Waals surface area (Å²) < 4.78 is 32.1. The zero-order valence-corrected chi connectivity index (χ0v) is 13.9. The second-order valence-corrected chi connectivity index (χ2v) is 8.24. The maximum atomic E-state index is 12.7. The Bertz CT molecular complexity index is 589. The number of rotatable bonds is 5. The first-order valence-corrected chi connectivity index (χ1v) is 9.41. The van der Waals surface area contributed by atoms with E-state index >= 15 is 0 Å². The van der Waals surface area contributed by atoms with Crippen molar-refractivity contribution in [2.24, 2.45) is 0 Å². The Labute approximate surface area is 130 Å². The molecule has 118 valence electrons. The molecule has 2 rings (SSSR count). The van der Waals surface area contributed by atoms with Gasteiger partial charge in [0.25, 0.3) is 0 Å². The van der Waals surface area contributed by atoms with Crippen LogP contribution in [0.5, 0.6) is 5.75 Å². The molecule has 1 unspecified atom stereocenters. The molecule has 1 fully saturated rings. The summed E-state index contributed by atoms with van der Waals surface area (Å²) in [6.07, 6.45) is 0.960. The fourth-order valence-corrected chi connectivity index (χ4v) is 5.27. The molecule has 0 aliphatic carbocycles. The van der Waals surface area contributed by atoms with Gasteiger partial charge in [-0.05, 0) is 24.6 Å². The SMILES string of the molecule is CCC1CN(S(=O)(=O)c2ccc(OC)c(CO)c2)CCS1. The summed E-state index contributed by atoms with van der Waals surface area (Å²) in [5, 5.41) is 9.69. The third-order valence-electron chi connectivity index (χ3n) is 3.62. The van der Waals surface area contributed by atoms with E-state index in [2.05, 4.69) is 6.92 Å². The number of thioether (sulfide) groups is 1. The number of hydrogen-bond donors (Lipinski definition) is 1. The Kier molecular flexibility index (Phi) is 5.54. The zero-order chi connectivity index (χ0) is 15.5. The van der Waals surface area contributed by atoms with Crippen molar-refractivity contribution in [1.82, 2.24) is 4.31 Å². The monoisotopic (exact) mass is 331 g/mol.